The summed E-state index contributed by atoms with van der Waals surface area (Å²) >= 11 is 0. The monoisotopic (exact) mass is 478 g/mol. The lowest BCUT2D eigenvalue weighted by Gasteiger charge is -2.11. The number of nitrogens with zero attached hydrogens (tertiary/aromatic N) is 3. The quantitative estimate of drug-likeness (QED) is 0.342. The van der Waals surface area contributed by atoms with Crippen LogP contribution in [0.2, 0.25) is 0 Å². The number of carbonyl (C=O) groups excluding carboxylic acids is 1. The SMILES string of the molecule is COc1ccc(-c2cc(Nc3cc(C)[nH]n3)nc(S(=O)(=O)c3ccc(NC(C)=O)cc3)n2)cc1. The van der Waals surface area contributed by atoms with Crippen molar-refractivity contribution in [2.45, 2.75) is 23.9 Å². The molecule has 0 fully saturated rings. The summed E-state index contributed by atoms with van der Waals surface area (Å²) in [5, 5.41) is 12.2. The van der Waals surface area contributed by atoms with E-state index in [1.54, 1.807) is 43.5 Å². The van der Waals surface area contributed by atoms with Gasteiger partial charge in [0, 0.05) is 36.0 Å². The molecule has 0 atom stereocenters. The summed E-state index contributed by atoms with van der Waals surface area (Å²) in [7, 11) is -2.50. The van der Waals surface area contributed by atoms with Gasteiger partial charge in [-0.1, -0.05) is 0 Å². The lowest BCUT2D eigenvalue weighted by Crippen LogP contribution is -2.10. The normalized spacial score (nSPS) is 11.1. The van der Waals surface area contributed by atoms with Crippen LogP contribution in [-0.2, 0) is 14.6 Å². The van der Waals surface area contributed by atoms with E-state index in [1.165, 1.54) is 31.2 Å². The average molecular weight is 479 g/mol. The zero-order valence-electron chi connectivity index (χ0n) is 18.7. The molecule has 174 valence electrons. The van der Waals surface area contributed by atoms with Crippen molar-refractivity contribution in [2.75, 3.05) is 17.7 Å². The van der Waals surface area contributed by atoms with Gasteiger partial charge in [0.2, 0.25) is 15.7 Å². The number of hydrogen-bond donors (Lipinski definition) is 3. The van der Waals surface area contributed by atoms with E-state index in [-0.39, 0.29) is 21.8 Å². The first-order valence-electron chi connectivity index (χ1n) is 10.2. The molecule has 34 heavy (non-hydrogen) atoms. The standard InChI is InChI=1S/C23H22N6O4S/c1-14-12-22(29-28-14)26-21-13-20(16-4-8-18(33-3)9-5-16)25-23(27-21)34(31,32)19-10-6-17(7-11-19)24-15(2)30/h4-13H,1-3H3,(H,24,30)(H2,25,26,27,28,29). The zero-order chi connectivity index (χ0) is 24.3. The summed E-state index contributed by atoms with van der Waals surface area (Å²) in [6.45, 7) is 3.22. The molecule has 0 bridgehead atoms. The molecular formula is C23H22N6O4S. The van der Waals surface area contributed by atoms with Crippen molar-refractivity contribution >= 4 is 33.1 Å². The second-order valence-corrected chi connectivity index (χ2v) is 9.26. The minimum Gasteiger partial charge on any atom is -0.497 e. The highest BCUT2D eigenvalue weighted by molar-refractivity contribution is 7.91. The van der Waals surface area contributed by atoms with Crippen LogP contribution in [0, 0.1) is 6.92 Å². The molecule has 2 heterocycles. The number of H-pyrrole nitrogens is 1. The van der Waals surface area contributed by atoms with Crippen LogP contribution in [-0.4, -0.2) is 41.6 Å². The summed E-state index contributed by atoms with van der Waals surface area (Å²) in [5.74, 6) is 1.16. The van der Waals surface area contributed by atoms with Crippen molar-refractivity contribution in [1.29, 1.82) is 0 Å². The van der Waals surface area contributed by atoms with Crippen molar-refractivity contribution in [2.24, 2.45) is 0 Å². The highest BCUT2D eigenvalue weighted by Gasteiger charge is 2.23. The molecule has 11 heteroatoms. The lowest BCUT2D eigenvalue weighted by atomic mass is 10.1. The van der Waals surface area contributed by atoms with E-state index in [0.29, 0.717) is 28.5 Å². The summed E-state index contributed by atoms with van der Waals surface area (Å²) in [6, 6.07) is 16.3. The Hall–Kier alpha value is -4.25. The molecule has 1 amide bonds. The topological polar surface area (TPSA) is 139 Å². The van der Waals surface area contributed by atoms with Crippen LogP contribution in [0.3, 0.4) is 0 Å². The first-order chi connectivity index (χ1) is 16.2. The fourth-order valence-corrected chi connectivity index (χ4v) is 4.30. The average Bonchev–Trinajstić information content (AvgIpc) is 3.23. The number of rotatable bonds is 7. The summed E-state index contributed by atoms with van der Waals surface area (Å²) < 4.78 is 32.0. The number of sulfone groups is 1. The number of nitrogens with one attached hydrogen (secondary N) is 3. The number of methoxy groups -OCH3 is 1. The van der Waals surface area contributed by atoms with Gasteiger partial charge in [0.1, 0.15) is 11.6 Å². The highest BCUT2D eigenvalue weighted by atomic mass is 32.2. The second kappa shape index (κ2) is 9.32. The number of aryl methyl sites for hydroxylation is 1. The van der Waals surface area contributed by atoms with Crippen LogP contribution < -0.4 is 15.4 Å². The van der Waals surface area contributed by atoms with Gasteiger partial charge in [0.15, 0.2) is 5.82 Å². The minimum atomic E-state index is -4.06. The van der Waals surface area contributed by atoms with Crippen molar-refractivity contribution in [3.63, 3.8) is 0 Å². The van der Waals surface area contributed by atoms with Crippen molar-refractivity contribution in [3.05, 3.63) is 66.4 Å². The van der Waals surface area contributed by atoms with Crippen LogP contribution in [0.15, 0.2) is 70.7 Å². The Morgan fingerprint density at radius 1 is 0.971 bits per heavy atom. The molecule has 0 radical (unpaired) electrons. The molecule has 2 aromatic heterocycles. The van der Waals surface area contributed by atoms with Crippen LogP contribution in [0.5, 0.6) is 5.75 Å². The van der Waals surface area contributed by atoms with Gasteiger partial charge in [-0.25, -0.2) is 18.4 Å². The van der Waals surface area contributed by atoms with E-state index >= 15 is 0 Å². The van der Waals surface area contributed by atoms with Gasteiger partial charge in [-0.05, 0) is 55.5 Å². The first kappa shape index (κ1) is 22.9. The Labute approximate surface area is 196 Å². The number of ether oxygens (including phenoxy) is 1. The smallest absolute Gasteiger partial charge is 0.254 e. The number of amides is 1. The number of carbonyl (C=O) groups is 1. The zero-order valence-corrected chi connectivity index (χ0v) is 19.5. The molecule has 0 saturated heterocycles. The van der Waals surface area contributed by atoms with Gasteiger partial charge in [0.25, 0.3) is 5.16 Å². The fraction of sp³-hybridized carbons (Fsp3) is 0.130. The third-order valence-corrected chi connectivity index (χ3v) is 6.33. The van der Waals surface area contributed by atoms with Gasteiger partial charge in [-0.3, -0.25) is 9.89 Å². The van der Waals surface area contributed by atoms with Crippen molar-refractivity contribution in [1.82, 2.24) is 20.2 Å². The summed E-state index contributed by atoms with van der Waals surface area (Å²) in [5.41, 5.74) is 2.40. The van der Waals surface area contributed by atoms with Crippen LogP contribution >= 0.6 is 0 Å². The van der Waals surface area contributed by atoms with E-state index < -0.39 is 9.84 Å². The number of anilines is 3. The number of hydrogen-bond acceptors (Lipinski definition) is 8. The number of aromatic nitrogens is 4. The Balaban J connectivity index is 1.77. The highest BCUT2D eigenvalue weighted by Crippen LogP contribution is 2.27. The van der Waals surface area contributed by atoms with E-state index in [0.717, 1.165) is 5.69 Å². The number of aromatic amines is 1. The molecule has 2 aromatic carbocycles. The van der Waals surface area contributed by atoms with E-state index in [9.17, 15) is 13.2 Å². The molecule has 0 aliphatic carbocycles. The van der Waals surface area contributed by atoms with Gasteiger partial charge in [-0.15, -0.1) is 0 Å². The largest absolute Gasteiger partial charge is 0.497 e. The maximum absolute atomic E-state index is 13.4. The lowest BCUT2D eigenvalue weighted by molar-refractivity contribution is -0.114. The number of benzene rings is 2. The first-order valence-corrected chi connectivity index (χ1v) is 11.7. The van der Waals surface area contributed by atoms with Crippen LogP contribution in [0.4, 0.5) is 17.3 Å². The molecule has 0 spiro atoms. The minimum absolute atomic E-state index is 0.00459. The van der Waals surface area contributed by atoms with Crippen LogP contribution in [0.1, 0.15) is 12.6 Å². The molecule has 0 aliphatic rings. The van der Waals surface area contributed by atoms with Gasteiger partial charge >= 0.3 is 0 Å². The van der Waals surface area contributed by atoms with Gasteiger partial charge in [0.05, 0.1) is 17.7 Å². The van der Waals surface area contributed by atoms with Crippen LogP contribution in [0.25, 0.3) is 11.3 Å². The van der Waals surface area contributed by atoms with E-state index in [2.05, 4.69) is 30.8 Å². The molecule has 4 rings (SSSR count). The molecule has 3 N–H and O–H groups in total. The van der Waals surface area contributed by atoms with Crippen molar-refractivity contribution in [3.8, 4) is 17.0 Å². The summed E-state index contributed by atoms with van der Waals surface area (Å²) in [4.78, 5) is 19.8. The molecule has 0 aliphatic heterocycles. The predicted molar refractivity (Wildman–Crippen MR) is 127 cm³/mol. The predicted octanol–water partition coefficient (Wildman–Crippen LogP) is 3.72. The van der Waals surface area contributed by atoms with E-state index in [4.69, 9.17) is 4.74 Å². The molecule has 10 nitrogen and oxygen atoms in total. The maximum atomic E-state index is 13.4. The Bertz CT molecular complexity index is 1430. The molecule has 0 unspecified atom stereocenters. The fourth-order valence-electron chi connectivity index (χ4n) is 3.16. The Morgan fingerprint density at radius 3 is 2.26 bits per heavy atom. The van der Waals surface area contributed by atoms with Crippen molar-refractivity contribution < 1.29 is 17.9 Å². The second-order valence-electron chi connectivity index (χ2n) is 7.42. The summed E-state index contributed by atoms with van der Waals surface area (Å²) in [6.07, 6.45) is 0. The van der Waals surface area contributed by atoms with Gasteiger partial charge in [-0.2, -0.15) is 5.10 Å². The molecule has 0 saturated carbocycles. The Morgan fingerprint density at radius 2 is 1.68 bits per heavy atom. The molecular weight excluding hydrogens is 456 g/mol. The molecule has 4 aromatic rings. The maximum Gasteiger partial charge on any atom is 0.254 e. The van der Waals surface area contributed by atoms with E-state index in [1.807, 2.05) is 6.92 Å². The third-order valence-electron chi connectivity index (χ3n) is 4.78. The van der Waals surface area contributed by atoms with Gasteiger partial charge < -0.3 is 15.4 Å². The Kier molecular flexibility index (Phi) is 6.28. The third kappa shape index (κ3) is 5.04.